The lowest BCUT2D eigenvalue weighted by Crippen LogP contribution is -2.06. The Balaban J connectivity index is 0.000000177. The van der Waals surface area contributed by atoms with Crippen LogP contribution in [0, 0.1) is 0 Å². The first kappa shape index (κ1) is 40.4. The van der Waals surface area contributed by atoms with Crippen LogP contribution in [0.5, 0.6) is 11.5 Å². The quantitative estimate of drug-likeness (QED) is 0.130. The topological polar surface area (TPSA) is 119 Å². The van der Waals surface area contributed by atoms with Gasteiger partial charge in [0, 0.05) is 30.9 Å². The number of carboxylic acid groups (broad SMARTS) is 2. The molecule has 0 amide bonds. The van der Waals surface area contributed by atoms with Crippen LogP contribution in [0.25, 0.3) is 41.3 Å². The van der Waals surface area contributed by atoms with Crippen molar-refractivity contribution < 1.29 is 55.6 Å². The molecule has 0 aliphatic heterocycles. The third-order valence-electron chi connectivity index (χ3n) is 8.46. The van der Waals surface area contributed by atoms with E-state index in [1.807, 2.05) is 22.9 Å². The lowest BCUT2D eigenvalue weighted by Gasteiger charge is -2.12. The summed E-state index contributed by atoms with van der Waals surface area (Å²) >= 11 is 5.84. The number of benzene rings is 4. The van der Waals surface area contributed by atoms with Crippen molar-refractivity contribution in [3.8, 4) is 32.6 Å². The molecule has 0 unspecified atom stereocenters. The van der Waals surface area contributed by atoms with E-state index in [4.69, 9.17) is 9.47 Å². The largest absolute Gasteiger partial charge is 0.487 e. The number of aromatic nitrogens is 2. The molecule has 8 aromatic rings. The number of nitrogens with zero attached hydrogens (tertiary/aromatic N) is 2. The molecule has 0 radical (unpaired) electrons. The summed E-state index contributed by atoms with van der Waals surface area (Å²) in [5.74, 6) is -1.91. The number of thiazole rings is 2. The fraction of sp³-hybridized carbons (Fsp3) is 0.100. The number of thiophene rings is 2. The first-order valence-electron chi connectivity index (χ1n) is 16.6. The summed E-state index contributed by atoms with van der Waals surface area (Å²) in [6, 6.07) is 19.2. The molecule has 296 valence electrons. The number of hydrogen-bond donors (Lipinski definition) is 2. The zero-order chi connectivity index (χ0) is 41.2. The van der Waals surface area contributed by atoms with Crippen LogP contribution in [-0.2, 0) is 25.6 Å². The Morgan fingerprint density at radius 2 is 0.948 bits per heavy atom. The van der Waals surface area contributed by atoms with E-state index in [9.17, 15) is 46.1 Å². The number of ether oxygens (including phenoxy) is 2. The molecule has 4 aromatic carbocycles. The number of halogens is 6. The summed E-state index contributed by atoms with van der Waals surface area (Å²) in [6.07, 6.45) is -8.82. The van der Waals surface area contributed by atoms with Crippen LogP contribution in [-0.4, -0.2) is 32.1 Å². The average molecular weight is 871 g/mol. The molecule has 4 aromatic heterocycles. The number of aromatic carboxylic acids is 2. The van der Waals surface area contributed by atoms with Crippen molar-refractivity contribution in [1.29, 1.82) is 0 Å². The minimum atomic E-state index is -4.41. The zero-order valence-electron chi connectivity index (χ0n) is 29.1. The Kier molecular flexibility index (Phi) is 11.5. The Hall–Kier alpha value is -5.82. The minimum absolute atomic E-state index is 0.00737. The van der Waals surface area contributed by atoms with Gasteiger partial charge >= 0.3 is 24.3 Å². The molecule has 0 aliphatic rings. The second kappa shape index (κ2) is 16.6. The molecule has 0 fully saturated rings. The monoisotopic (exact) mass is 870 g/mol. The third-order valence-corrected chi connectivity index (χ3v) is 11.9. The number of carboxylic acids is 2. The van der Waals surface area contributed by atoms with Crippen LogP contribution in [0.2, 0.25) is 0 Å². The van der Waals surface area contributed by atoms with Crippen molar-refractivity contribution in [3.05, 3.63) is 140 Å². The highest BCUT2D eigenvalue weighted by Crippen LogP contribution is 2.42. The van der Waals surface area contributed by atoms with Crippen molar-refractivity contribution in [2.24, 2.45) is 0 Å². The molecule has 0 aliphatic carbocycles. The number of rotatable bonds is 10. The molecule has 0 spiro atoms. The summed E-state index contributed by atoms with van der Waals surface area (Å²) in [6.45, 7) is -0.112. The zero-order valence-corrected chi connectivity index (χ0v) is 32.4. The molecule has 0 saturated carbocycles. The number of carbonyl (C=O) groups is 2. The van der Waals surface area contributed by atoms with Crippen LogP contribution in [0.15, 0.2) is 107 Å². The maximum Gasteiger partial charge on any atom is 0.416 e. The van der Waals surface area contributed by atoms with Gasteiger partial charge in [0.05, 0.1) is 43.3 Å². The number of hydrogen-bond acceptors (Lipinski definition) is 10. The average Bonchev–Trinajstić information content (AvgIpc) is 4.02. The standard InChI is InChI=1S/2C20H12F3NO3S2/c2*21-20(22,23)12-3-1-11(2-4-12)8-27-18-13(19(25)26)5-6-16-14(18)7-17(29-16)15-9-28-10-24-15/h2*1-7,9-10H,8H2,(H,25,26). The summed E-state index contributed by atoms with van der Waals surface area (Å²) in [5.41, 5.74) is 4.50. The Labute approximate surface area is 339 Å². The van der Waals surface area contributed by atoms with Crippen LogP contribution >= 0.6 is 45.3 Å². The Morgan fingerprint density at radius 1 is 0.569 bits per heavy atom. The SMILES string of the molecule is O=C(O)c1ccc2sc(-c3cscn3)cc2c1OCc1ccc(C(F)(F)F)cc1.O=C(O)c1ccc2sc(-c3cscn3)cc2c1OCc1ccc(C(F)(F)F)cc1. The molecule has 8 nitrogen and oxygen atoms in total. The summed E-state index contributed by atoms with van der Waals surface area (Å²) < 4.78 is 89.5. The smallest absolute Gasteiger partial charge is 0.416 e. The lowest BCUT2D eigenvalue weighted by molar-refractivity contribution is -0.138. The van der Waals surface area contributed by atoms with Gasteiger partial charge in [0.1, 0.15) is 35.8 Å². The van der Waals surface area contributed by atoms with Gasteiger partial charge in [-0.2, -0.15) is 26.3 Å². The van der Waals surface area contributed by atoms with E-state index in [1.165, 1.54) is 81.7 Å². The normalized spacial score (nSPS) is 11.7. The van der Waals surface area contributed by atoms with E-state index in [2.05, 4.69) is 9.97 Å². The fourth-order valence-corrected chi connectivity index (χ4v) is 8.94. The molecule has 58 heavy (non-hydrogen) atoms. The van der Waals surface area contributed by atoms with Gasteiger partial charge in [0.2, 0.25) is 0 Å². The molecular formula is C40H24F6N2O6S4. The summed E-state index contributed by atoms with van der Waals surface area (Å²) in [4.78, 5) is 33.6. The predicted molar refractivity (Wildman–Crippen MR) is 211 cm³/mol. The van der Waals surface area contributed by atoms with Gasteiger partial charge in [-0.05, 0) is 71.8 Å². The van der Waals surface area contributed by atoms with Crippen molar-refractivity contribution in [3.63, 3.8) is 0 Å². The van der Waals surface area contributed by atoms with Gasteiger partial charge in [0.25, 0.3) is 0 Å². The van der Waals surface area contributed by atoms with E-state index >= 15 is 0 Å². The molecule has 18 heteroatoms. The molecule has 4 heterocycles. The maximum atomic E-state index is 12.7. The van der Waals surface area contributed by atoms with E-state index in [0.29, 0.717) is 21.9 Å². The van der Waals surface area contributed by atoms with Crippen molar-refractivity contribution in [2.75, 3.05) is 0 Å². The highest BCUT2D eigenvalue weighted by molar-refractivity contribution is 7.23. The van der Waals surface area contributed by atoms with Crippen LogP contribution < -0.4 is 9.47 Å². The number of alkyl halides is 6. The van der Waals surface area contributed by atoms with Crippen LogP contribution in [0.3, 0.4) is 0 Å². The molecule has 0 bridgehead atoms. The van der Waals surface area contributed by atoms with E-state index < -0.39 is 35.4 Å². The van der Waals surface area contributed by atoms with E-state index in [-0.39, 0.29) is 35.8 Å². The van der Waals surface area contributed by atoms with Crippen LogP contribution in [0.4, 0.5) is 26.3 Å². The van der Waals surface area contributed by atoms with E-state index in [1.54, 1.807) is 23.2 Å². The molecular weight excluding hydrogens is 847 g/mol. The van der Waals surface area contributed by atoms with Crippen molar-refractivity contribution >= 4 is 77.5 Å². The van der Waals surface area contributed by atoms with Crippen molar-refractivity contribution in [2.45, 2.75) is 25.6 Å². The van der Waals surface area contributed by atoms with Crippen molar-refractivity contribution in [1.82, 2.24) is 9.97 Å². The predicted octanol–water partition coefficient (Wildman–Crippen LogP) is 12.6. The second-order valence-electron chi connectivity index (χ2n) is 12.3. The number of fused-ring (bicyclic) bond motifs is 2. The first-order valence-corrected chi connectivity index (χ1v) is 20.1. The van der Waals surface area contributed by atoms with Gasteiger partial charge in [-0.25, -0.2) is 19.6 Å². The summed E-state index contributed by atoms with van der Waals surface area (Å²) in [7, 11) is 0. The highest BCUT2D eigenvalue weighted by Gasteiger charge is 2.31. The summed E-state index contributed by atoms with van der Waals surface area (Å²) in [5, 5.41) is 24.1. The highest BCUT2D eigenvalue weighted by atomic mass is 32.1. The van der Waals surface area contributed by atoms with Gasteiger partial charge in [-0.1, -0.05) is 24.3 Å². The molecule has 0 saturated heterocycles. The Morgan fingerprint density at radius 3 is 1.26 bits per heavy atom. The minimum Gasteiger partial charge on any atom is -0.487 e. The fourth-order valence-electron chi connectivity index (χ4n) is 5.63. The molecule has 8 rings (SSSR count). The molecule has 2 N–H and O–H groups in total. The second-order valence-corrected chi connectivity index (χ2v) is 15.9. The first-order chi connectivity index (χ1) is 27.7. The third kappa shape index (κ3) is 8.99. The lowest BCUT2D eigenvalue weighted by atomic mass is 10.1. The maximum absolute atomic E-state index is 12.7. The van der Waals surface area contributed by atoms with E-state index in [0.717, 1.165) is 54.8 Å². The Bertz CT molecular complexity index is 2520. The van der Waals surface area contributed by atoms with Gasteiger partial charge in [0.15, 0.2) is 0 Å². The molecule has 0 atom stereocenters. The van der Waals surface area contributed by atoms with Gasteiger partial charge in [-0.3, -0.25) is 0 Å². The van der Waals surface area contributed by atoms with Gasteiger partial charge < -0.3 is 19.7 Å². The van der Waals surface area contributed by atoms with Gasteiger partial charge in [-0.15, -0.1) is 45.3 Å². The van der Waals surface area contributed by atoms with Crippen LogP contribution in [0.1, 0.15) is 43.0 Å².